The lowest BCUT2D eigenvalue weighted by molar-refractivity contribution is 0.00300. The molecule has 0 atom stereocenters. The van der Waals surface area contributed by atoms with E-state index in [1.807, 2.05) is 19.9 Å². The van der Waals surface area contributed by atoms with Crippen molar-refractivity contribution >= 4 is 17.3 Å². The maximum Gasteiger partial charge on any atom is 0.251 e. The Bertz CT molecular complexity index is 470. The zero-order valence-corrected chi connectivity index (χ0v) is 12.1. The third-order valence-corrected chi connectivity index (χ3v) is 3.51. The van der Waals surface area contributed by atoms with Crippen molar-refractivity contribution in [3.05, 3.63) is 23.8 Å². The number of anilines is 2. The summed E-state index contributed by atoms with van der Waals surface area (Å²) >= 11 is 0. The molecule has 0 aromatic heterocycles. The zero-order chi connectivity index (χ0) is 14.5. The number of amides is 1. The summed E-state index contributed by atoms with van der Waals surface area (Å²) in [6.07, 6.45) is 2.32. The molecule has 5 heteroatoms. The molecule has 1 aliphatic carbocycles. The first kappa shape index (κ1) is 14.7. The van der Waals surface area contributed by atoms with E-state index in [0.717, 1.165) is 25.1 Å². The molecule has 0 heterocycles. The number of hydrogen-bond acceptors (Lipinski definition) is 4. The molecule has 1 aromatic rings. The Hall–Kier alpha value is -1.75. The quantitative estimate of drug-likeness (QED) is 0.695. The van der Waals surface area contributed by atoms with Gasteiger partial charge in [-0.2, -0.15) is 0 Å². The van der Waals surface area contributed by atoms with Crippen molar-refractivity contribution in [1.82, 2.24) is 5.32 Å². The fourth-order valence-electron chi connectivity index (χ4n) is 2.36. The van der Waals surface area contributed by atoms with Gasteiger partial charge in [0.15, 0.2) is 0 Å². The Kier molecular flexibility index (Phi) is 4.84. The molecule has 4 N–H and O–H groups in total. The highest BCUT2D eigenvalue weighted by molar-refractivity contribution is 5.96. The Balaban J connectivity index is 1.97. The summed E-state index contributed by atoms with van der Waals surface area (Å²) in [6, 6.07) is 5.70. The number of nitrogens with one attached hydrogen (secondary N) is 2. The molecule has 0 bridgehead atoms. The zero-order valence-electron chi connectivity index (χ0n) is 12.1. The van der Waals surface area contributed by atoms with Crippen molar-refractivity contribution in [3.8, 4) is 0 Å². The van der Waals surface area contributed by atoms with E-state index < -0.39 is 0 Å². The van der Waals surface area contributed by atoms with Gasteiger partial charge >= 0.3 is 0 Å². The van der Waals surface area contributed by atoms with Gasteiger partial charge in [0.05, 0.1) is 17.5 Å². The second-order valence-corrected chi connectivity index (χ2v) is 5.05. The van der Waals surface area contributed by atoms with Crippen LogP contribution in [0.25, 0.3) is 0 Å². The Morgan fingerprint density at radius 1 is 1.40 bits per heavy atom. The highest BCUT2D eigenvalue weighted by Gasteiger charge is 2.29. The lowest BCUT2D eigenvalue weighted by atomic mass is 9.89. The number of nitrogens with two attached hydrogens (primary N) is 1. The van der Waals surface area contributed by atoms with Crippen LogP contribution in [0.4, 0.5) is 11.4 Å². The minimum atomic E-state index is -0.0728. The first-order valence-electron chi connectivity index (χ1n) is 7.19. The molecular formula is C15H23N3O2. The van der Waals surface area contributed by atoms with Gasteiger partial charge in [-0.1, -0.05) is 0 Å². The molecule has 1 fully saturated rings. The molecule has 5 nitrogen and oxygen atoms in total. The number of rotatable bonds is 6. The van der Waals surface area contributed by atoms with Crippen LogP contribution in [0.3, 0.4) is 0 Å². The summed E-state index contributed by atoms with van der Waals surface area (Å²) in [5, 5.41) is 6.17. The lowest BCUT2D eigenvalue weighted by Gasteiger charge is -2.36. The fourth-order valence-corrected chi connectivity index (χ4v) is 2.36. The third kappa shape index (κ3) is 3.42. The molecule has 2 rings (SSSR count). The van der Waals surface area contributed by atoms with E-state index in [4.69, 9.17) is 10.5 Å². The van der Waals surface area contributed by atoms with Gasteiger partial charge in [0, 0.05) is 24.8 Å². The largest absolute Gasteiger partial charge is 0.397 e. The minimum absolute atomic E-state index is 0.0728. The highest BCUT2D eigenvalue weighted by atomic mass is 16.5. The molecular weight excluding hydrogens is 254 g/mol. The van der Waals surface area contributed by atoms with Crippen molar-refractivity contribution < 1.29 is 9.53 Å². The van der Waals surface area contributed by atoms with E-state index in [1.165, 1.54) is 0 Å². The maximum atomic E-state index is 11.8. The van der Waals surface area contributed by atoms with E-state index in [1.54, 1.807) is 12.1 Å². The van der Waals surface area contributed by atoms with Gasteiger partial charge in [0.2, 0.25) is 0 Å². The molecule has 0 saturated heterocycles. The predicted molar refractivity (Wildman–Crippen MR) is 80.9 cm³/mol. The summed E-state index contributed by atoms with van der Waals surface area (Å²) in [5.41, 5.74) is 8.08. The van der Waals surface area contributed by atoms with Crippen LogP contribution in [0.15, 0.2) is 18.2 Å². The van der Waals surface area contributed by atoms with Crippen molar-refractivity contribution in [1.29, 1.82) is 0 Å². The van der Waals surface area contributed by atoms with Crippen LogP contribution in [0.1, 0.15) is 37.0 Å². The van der Waals surface area contributed by atoms with Gasteiger partial charge in [-0.25, -0.2) is 0 Å². The normalized spacial score (nSPS) is 21.1. The number of ether oxygens (including phenoxy) is 1. The number of carbonyl (C=O) groups is 1. The van der Waals surface area contributed by atoms with Gasteiger partial charge in [-0.3, -0.25) is 4.79 Å². The number of carbonyl (C=O) groups excluding carboxylic acids is 1. The summed E-state index contributed by atoms with van der Waals surface area (Å²) < 4.78 is 5.53. The molecule has 1 aromatic carbocycles. The molecule has 1 aliphatic rings. The summed E-state index contributed by atoms with van der Waals surface area (Å²) in [7, 11) is 0. The van der Waals surface area contributed by atoms with Crippen LogP contribution >= 0.6 is 0 Å². The maximum absolute atomic E-state index is 11.8. The molecule has 110 valence electrons. The Morgan fingerprint density at radius 3 is 2.80 bits per heavy atom. The standard InChI is InChI=1S/C15H23N3O2/c1-3-17-15(19)10-5-6-13(16)14(7-10)18-11-8-12(9-11)20-4-2/h5-7,11-12,18H,3-4,8-9,16H2,1-2H3,(H,17,19). The number of hydrogen-bond donors (Lipinski definition) is 3. The third-order valence-electron chi connectivity index (χ3n) is 3.51. The van der Waals surface area contributed by atoms with Crippen molar-refractivity contribution in [2.75, 3.05) is 24.2 Å². The number of nitrogen functional groups attached to an aromatic ring is 1. The highest BCUT2D eigenvalue weighted by Crippen LogP contribution is 2.29. The van der Waals surface area contributed by atoms with Crippen molar-refractivity contribution in [3.63, 3.8) is 0 Å². The van der Waals surface area contributed by atoms with Crippen LogP contribution in [0.2, 0.25) is 0 Å². The van der Waals surface area contributed by atoms with Crippen LogP contribution in [0.5, 0.6) is 0 Å². The van der Waals surface area contributed by atoms with Crippen LogP contribution in [0, 0.1) is 0 Å². The van der Waals surface area contributed by atoms with Gasteiger partial charge in [-0.15, -0.1) is 0 Å². The fraction of sp³-hybridized carbons (Fsp3) is 0.533. The van der Waals surface area contributed by atoms with Crippen molar-refractivity contribution in [2.24, 2.45) is 0 Å². The van der Waals surface area contributed by atoms with E-state index in [9.17, 15) is 4.79 Å². The van der Waals surface area contributed by atoms with E-state index >= 15 is 0 Å². The summed E-state index contributed by atoms with van der Waals surface area (Å²) in [6.45, 7) is 5.28. The SMILES string of the molecule is CCNC(=O)c1ccc(N)c(NC2CC(OCC)C2)c1. The first-order valence-corrected chi connectivity index (χ1v) is 7.19. The van der Waals surface area contributed by atoms with Crippen molar-refractivity contribution in [2.45, 2.75) is 38.8 Å². The Labute approximate surface area is 119 Å². The first-order chi connectivity index (χ1) is 9.63. The molecule has 20 heavy (non-hydrogen) atoms. The molecule has 0 radical (unpaired) electrons. The topological polar surface area (TPSA) is 76.4 Å². The average Bonchev–Trinajstić information content (AvgIpc) is 2.38. The van der Waals surface area contributed by atoms with E-state index in [-0.39, 0.29) is 5.91 Å². The smallest absolute Gasteiger partial charge is 0.251 e. The number of benzene rings is 1. The van der Waals surface area contributed by atoms with Gasteiger partial charge < -0.3 is 21.1 Å². The van der Waals surface area contributed by atoms with Gasteiger partial charge in [-0.05, 0) is 44.9 Å². The lowest BCUT2D eigenvalue weighted by Crippen LogP contribution is -2.41. The molecule has 0 aliphatic heterocycles. The van der Waals surface area contributed by atoms with Gasteiger partial charge in [0.1, 0.15) is 0 Å². The Morgan fingerprint density at radius 2 is 2.15 bits per heavy atom. The second-order valence-electron chi connectivity index (χ2n) is 5.05. The van der Waals surface area contributed by atoms with Crippen LogP contribution < -0.4 is 16.4 Å². The van der Waals surface area contributed by atoms with Crippen LogP contribution in [-0.2, 0) is 4.74 Å². The van der Waals surface area contributed by atoms with Crippen LogP contribution in [-0.4, -0.2) is 31.2 Å². The molecule has 0 spiro atoms. The summed E-state index contributed by atoms with van der Waals surface area (Å²) in [5.74, 6) is -0.0728. The molecule has 1 amide bonds. The van der Waals surface area contributed by atoms with Gasteiger partial charge in [0.25, 0.3) is 5.91 Å². The minimum Gasteiger partial charge on any atom is -0.397 e. The summed E-state index contributed by atoms with van der Waals surface area (Å²) in [4.78, 5) is 11.8. The second kappa shape index (κ2) is 6.61. The predicted octanol–water partition coefficient (Wildman–Crippen LogP) is 2.00. The molecule has 1 saturated carbocycles. The monoisotopic (exact) mass is 277 g/mol. The molecule has 0 unspecified atom stereocenters. The van der Waals surface area contributed by atoms with E-state index in [2.05, 4.69) is 10.6 Å². The van der Waals surface area contributed by atoms with E-state index in [0.29, 0.717) is 29.9 Å². The average molecular weight is 277 g/mol.